The van der Waals surface area contributed by atoms with Crippen molar-refractivity contribution in [3.8, 4) is 0 Å². The molecule has 0 radical (unpaired) electrons. The zero-order chi connectivity index (χ0) is 14.0. The van der Waals surface area contributed by atoms with E-state index in [1.165, 1.54) is 17.8 Å². The molecule has 1 amide bonds. The highest BCUT2D eigenvalue weighted by molar-refractivity contribution is 5.89. The lowest BCUT2D eigenvalue weighted by molar-refractivity contribution is -0.385. The van der Waals surface area contributed by atoms with Gasteiger partial charge < -0.3 is 5.32 Å². The first-order chi connectivity index (χ1) is 8.95. The standard InChI is InChI=1S/C10H12N6O3/c1-7-8(16(18)19)5-15(12-7)6-10(17)11-9-3-4-14(2)13-9/h3-5H,6H2,1-2H3,(H,11,13,17). The Hall–Kier alpha value is -2.71. The second-order valence-electron chi connectivity index (χ2n) is 3.98. The first-order valence-electron chi connectivity index (χ1n) is 5.43. The molecule has 19 heavy (non-hydrogen) atoms. The van der Waals surface area contributed by atoms with E-state index in [-0.39, 0.29) is 23.8 Å². The number of aryl methyl sites for hydroxylation is 2. The Morgan fingerprint density at radius 3 is 2.79 bits per heavy atom. The molecule has 0 aromatic carbocycles. The molecule has 2 aromatic rings. The van der Waals surface area contributed by atoms with E-state index >= 15 is 0 Å². The second kappa shape index (κ2) is 4.88. The van der Waals surface area contributed by atoms with Gasteiger partial charge in [-0.1, -0.05) is 0 Å². The molecule has 0 saturated carbocycles. The quantitative estimate of drug-likeness (QED) is 0.638. The van der Waals surface area contributed by atoms with Crippen molar-refractivity contribution in [2.24, 2.45) is 7.05 Å². The number of rotatable bonds is 4. The Morgan fingerprint density at radius 1 is 1.53 bits per heavy atom. The summed E-state index contributed by atoms with van der Waals surface area (Å²) in [5.74, 6) is 0.0713. The number of nitrogens with one attached hydrogen (secondary N) is 1. The molecule has 1 N–H and O–H groups in total. The van der Waals surface area contributed by atoms with E-state index in [9.17, 15) is 14.9 Å². The third-order valence-corrected chi connectivity index (χ3v) is 2.40. The molecule has 0 aliphatic rings. The van der Waals surface area contributed by atoms with Gasteiger partial charge in [-0.25, -0.2) is 0 Å². The summed E-state index contributed by atoms with van der Waals surface area (Å²) in [5.41, 5.74) is 0.168. The summed E-state index contributed by atoms with van der Waals surface area (Å²) in [6.07, 6.45) is 2.92. The van der Waals surface area contributed by atoms with Crippen LogP contribution in [0, 0.1) is 17.0 Å². The molecule has 0 aliphatic carbocycles. The van der Waals surface area contributed by atoms with Crippen molar-refractivity contribution < 1.29 is 9.72 Å². The Bertz CT molecular complexity index is 629. The van der Waals surface area contributed by atoms with Crippen LogP contribution in [-0.2, 0) is 18.4 Å². The fraction of sp³-hybridized carbons (Fsp3) is 0.300. The molecule has 2 rings (SSSR count). The summed E-state index contributed by atoms with van der Waals surface area (Å²) < 4.78 is 2.78. The summed E-state index contributed by atoms with van der Waals surface area (Å²) in [6, 6.07) is 1.65. The monoisotopic (exact) mass is 264 g/mol. The fourth-order valence-corrected chi connectivity index (χ4v) is 1.58. The lowest BCUT2D eigenvalue weighted by Gasteiger charge is -2.01. The van der Waals surface area contributed by atoms with Gasteiger partial charge in [-0.3, -0.25) is 24.3 Å². The summed E-state index contributed by atoms with van der Waals surface area (Å²) in [5, 5.41) is 21.1. The first-order valence-corrected chi connectivity index (χ1v) is 5.43. The predicted molar refractivity (Wildman–Crippen MR) is 65.5 cm³/mol. The van der Waals surface area contributed by atoms with Crippen molar-refractivity contribution in [2.75, 3.05) is 5.32 Å². The molecular weight excluding hydrogens is 252 g/mol. The van der Waals surface area contributed by atoms with Crippen LogP contribution >= 0.6 is 0 Å². The smallest absolute Gasteiger partial charge is 0.308 e. The van der Waals surface area contributed by atoms with E-state index in [0.29, 0.717) is 5.82 Å². The number of carbonyl (C=O) groups excluding carboxylic acids is 1. The zero-order valence-electron chi connectivity index (χ0n) is 10.4. The highest BCUT2D eigenvalue weighted by Crippen LogP contribution is 2.14. The molecule has 9 heteroatoms. The third kappa shape index (κ3) is 2.94. The number of amides is 1. The second-order valence-corrected chi connectivity index (χ2v) is 3.98. The predicted octanol–water partition coefficient (Wildman–Crippen LogP) is 0.472. The maximum Gasteiger partial charge on any atom is 0.309 e. The molecule has 9 nitrogen and oxygen atoms in total. The van der Waals surface area contributed by atoms with Gasteiger partial charge in [-0.15, -0.1) is 0 Å². The van der Waals surface area contributed by atoms with Crippen LogP contribution in [0.3, 0.4) is 0 Å². The molecule has 2 aromatic heterocycles. The molecule has 0 bridgehead atoms. The largest absolute Gasteiger partial charge is 0.309 e. The highest BCUT2D eigenvalue weighted by atomic mass is 16.6. The van der Waals surface area contributed by atoms with Crippen molar-refractivity contribution in [3.05, 3.63) is 34.3 Å². The minimum absolute atomic E-state index is 0.106. The Balaban J connectivity index is 2.03. The van der Waals surface area contributed by atoms with E-state index in [0.717, 1.165) is 0 Å². The van der Waals surface area contributed by atoms with Gasteiger partial charge in [0.15, 0.2) is 5.82 Å². The molecule has 0 atom stereocenters. The SMILES string of the molecule is Cc1nn(CC(=O)Nc2ccn(C)n2)cc1[N+](=O)[O-]. The maximum absolute atomic E-state index is 11.7. The van der Waals surface area contributed by atoms with Crippen LogP contribution in [-0.4, -0.2) is 30.4 Å². The molecule has 0 fully saturated rings. The van der Waals surface area contributed by atoms with Crippen LogP contribution in [0.15, 0.2) is 18.5 Å². The Labute approximate surface area is 108 Å². The van der Waals surface area contributed by atoms with E-state index in [1.807, 2.05) is 0 Å². The summed E-state index contributed by atoms with van der Waals surface area (Å²) in [4.78, 5) is 21.8. The minimum atomic E-state index is -0.532. The maximum atomic E-state index is 11.7. The van der Waals surface area contributed by atoms with Crippen molar-refractivity contribution in [1.82, 2.24) is 19.6 Å². The van der Waals surface area contributed by atoms with Crippen molar-refractivity contribution >= 4 is 17.4 Å². The fourth-order valence-electron chi connectivity index (χ4n) is 1.58. The number of hydrogen-bond donors (Lipinski definition) is 1. The van der Waals surface area contributed by atoms with Gasteiger partial charge in [-0.05, 0) is 6.92 Å². The van der Waals surface area contributed by atoms with Gasteiger partial charge >= 0.3 is 5.69 Å². The minimum Gasteiger partial charge on any atom is -0.308 e. The number of hydrogen-bond acceptors (Lipinski definition) is 5. The lowest BCUT2D eigenvalue weighted by Crippen LogP contribution is -2.19. The van der Waals surface area contributed by atoms with E-state index in [2.05, 4.69) is 15.5 Å². The number of aromatic nitrogens is 4. The highest BCUT2D eigenvalue weighted by Gasteiger charge is 2.16. The van der Waals surface area contributed by atoms with Gasteiger partial charge in [-0.2, -0.15) is 10.2 Å². The van der Waals surface area contributed by atoms with Crippen molar-refractivity contribution in [3.63, 3.8) is 0 Å². The Kier molecular flexibility index (Phi) is 3.27. The summed E-state index contributed by atoms with van der Waals surface area (Å²) >= 11 is 0. The number of anilines is 1. The number of nitrogens with zero attached hydrogens (tertiary/aromatic N) is 5. The van der Waals surface area contributed by atoms with Crippen LogP contribution in [0.2, 0.25) is 0 Å². The van der Waals surface area contributed by atoms with Gasteiger partial charge in [0.2, 0.25) is 5.91 Å². The van der Waals surface area contributed by atoms with Gasteiger partial charge in [0.1, 0.15) is 18.4 Å². The van der Waals surface area contributed by atoms with Crippen LogP contribution in [0.5, 0.6) is 0 Å². The van der Waals surface area contributed by atoms with Crippen LogP contribution in [0.25, 0.3) is 0 Å². The Morgan fingerprint density at radius 2 is 2.26 bits per heavy atom. The van der Waals surface area contributed by atoms with Gasteiger partial charge in [0.25, 0.3) is 0 Å². The van der Waals surface area contributed by atoms with Crippen LogP contribution in [0.1, 0.15) is 5.69 Å². The number of carbonyl (C=O) groups is 1. The van der Waals surface area contributed by atoms with E-state index < -0.39 is 4.92 Å². The normalized spacial score (nSPS) is 10.4. The first kappa shape index (κ1) is 12.7. The summed E-state index contributed by atoms with van der Waals surface area (Å²) in [7, 11) is 1.73. The lowest BCUT2D eigenvalue weighted by atomic mass is 10.4. The number of nitro groups is 1. The molecule has 0 spiro atoms. The average molecular weight is 264 g/mol. The third-order valence-electron chi connectivity index (χ3n) is 2.40. The molecular formula is C10H12N6O3. The average Bonchev–Trinajstić information content (AvgIpc) is 2.85. The topological polar surface area (TPSA) is 108 Å². The summed E-state index contributed by atoms with van der Waals surface area (Å²) in [6.45, 7) is 1.41. The van der Waals surface area contributed by atoms with Gasteiger partial charge in [0, 0.05) is 19.3 Å². The molecule has 100 valence electrons. The van der Waals surface area contributed by atoms with E-state index in [1.54, 1.807) is 24.0 Å². The van der Waals surface area contributed by atoms with Crippen molar-refractivity contribution in [2.45, 2.75) is 13.5 Å². The zero-order valence-corrected chi connectivity index (χ0v) is 10.4. The molecule has 0 unspecified atom stereocenters. The van der Waals surface area contributed by atoms with Crippen molar-refractivity contribution in [1.29, 1.82) is 0 Å². The van der Waals surface area contributed by atoms with Crippen LogP contribution in [0.4, 0.5) is 11.5 Å². The molecule has 2 heterocycles. The van der Waals surface area contributed by atoms with E-state index in [4.69, 9.17) is 0 Å². The molecule has 0 aliphatic heterocycles. The van der Waals surface area contributed by atoms with Crippen LogP contribution < -0.4 is 5.32 Å². The molecule has 0 saturated heterocycles. The van der Waals surface area contributed by atoms with Gasteiger partial charge in [0.05, 0.1) is 4.92 Å².